The van der Waals surface area contributed by atoms with Crippen LogP contribution in [0.4, 0.5) is 13.2 Å². The molecule has 6 heteroatoms. The van der Waals surface area contributed by atoms with Crippen LogP contribution in [0.15, 0.2) is 48.5 Å². The number of nitrogens with one attached hydrogen (secondary N) is 1. The molecule has 3 nitrogen and oxygen atoms in total. The predicted octanol–water partition coefficient (Wildman–Crippen LogP) is 4.60. The highest BCUT2D eigenvalue weighted by molar-refractivity contribution is 5.96. The van der Waals surface area contributed by atoms with E-state index in [0.29, 0.717) is 5.75 Å². The van der Waals surface area contributed by atoms with Gasteiger partial charge >= 0.3 is 6.18 Å². The first-order chi connectivity index (χ1) is 11.9. The Balaban J connectivity index is 1.85. The number of rotatable bonds is 5. The molecule has 0 aliphatic heterocycles. The van der Waals surface area contributed by atoms with Crippen LogP contribution in [0.5, 0.6) is 5.75 Å². The second-order valence-corrected chi connectivity index (χ2v) is 6.11. The quantitative estimate of drug-likeness (QED) is 0.857. The van der Waals surface area contributed by atoms with Crippen molar-refractivity contribution in [3.05, 3.63) is 65.2 Å². The number of benzene rings is 2. The van der Waals surface area contributed by atoms with E-state index >= 15 is 0 Å². The van der Waals surface area contributed by atoms with E-state index in [1.54, 1.807) is 19.2 Å². The van der Waals surface area contributed by atoms with E-state index in [-0.39, 0.29) is 17.5 Å². The maximum absolute atomic E-state index is 13.1. The Morgan fingerprint density at radius 1 is 1.12 bits per heavy atom. The van der Waals surface area contributed by atoms with Crippen molar-refractivity contribution in [2.24, 2.45) is 5.92 Å². The molecule has 0 bridgehead atoms. The summed E-state index contributed by atoms with van der Waals surface area (Å²) >= 11 is 0. The molecule has 1 N–H and O–H groups in total. The number of carbonyl (C=O) groups excluding carboxylic acids is 1. The van der Waals surface area contributed by atoms with Crippen LogP contribution >= 0.6 is 0 Å². The van der Waals surface area contributed by atoms with Crippen LogP contribution in [0.1, 0.15) is 40.4 Å². The Bertz CT molecular complexity index is 752. The first kappa shape index (κ1) is 17.3. The molecule has 1 saturated carbocycles. The molecule has 0 aromatic heterocycles. The molecule has 1 atom stereocenters. The van der Waals surface area contributed by atoms with Crippen molar-refractivity contribution in [1.82, 2.24) is 5.32 Å². The Kier molecular flexibility index (Phi) is 4.70. The summed E-state index contributed by atoms with van der Waals surface area (Å²) in [4.78, 5) is 12.5. The van der Waals surface area contributed by atoms with Gasteiger partial charge in [0.2, 0.25) is 0 Å². The molecule has 1 fully saturated rings. The van der Waals surface area contributed by atoms with E-state index in [4.69, 9.17) is 4.74 Å². The molecule has 0 heterocycles. The molecule has 3 rings (SSSR count). The van der Waals surface area contributed by atoms with Gasteiger partial charge < -0.3 is 10.1 Å². The number of alkyl halides is 3. The highest BCUT2D eigenvalue weighted by Crippen LogP contribution is 2.41. The fourth-order valence-corrected chi connectivity index (χ4v) is 2.86. The lowest BCUT2D eigenvalue weighted by Crippen LogP contribution is -2.31. The molecule has 1 aliphatic rings. The first-order valence-electron chi connectivity index (χ1n) is 8.01. The first-order valence-corrected chi connectivity index (χ1v) is 8.01. The largest absolute Gasteiger partial charge is 0.497 e. The summed E-state index contributed by atoms with van der Waals surface area (Å²) in [6, 6.07) is 11.8. The Hall–Kier alpha value is -2.50. The number of amides is 1. The Labute approximate surface area is 143 Å². The third-order valence-electron chi connectivity index (χ3n) is 4.33. The minimum Gasteiger partial charge on any atom is -0.497 e. The lowest BCUT2D eigenvalue weighted by atomic mass is 10.0. The lowest BCUT2D eigenvalue weighted by Gasteiger charge is -2.20. The fourth-order valence-electron chi connectivity index (χ4n) is 2.86. The summed E-state index contributed by atoms with van der Waals surface area (Å²) in [7, 11) is 1.56. The van der Waals surface area contributed by atoms with Crippen molar-refractivity contribution in [2.45, 2.75) is 25.1 Å². The van der Waals surface area contributed by atoms with Crippen LogP contribution in [0, 0.1) is 5.92 Å². The normalized spacial score (nSPS) is 15.5. The van der Waals surface area contributed by atoms with Crippen LogP contribution in [0.3, 0.4) is 0 Å². The van der Waals surface area contributed by atoms with Crippen LogP contribution in [0.25, 0.3) is 0 Å². The fraction of sp³-hybridized carbons (Fsp3) is 0.316. The zero-order valence-electron chi connectivity index (χ0n) is 13.6. The minimum absolute atomic E-state index is 0.246. The van der Waals surface area contributed by atoms with Crippen LogP contribution in [0.2, 0.25) is 0 Å². The molecule has 1 amide bonds. The number of methoxy groups -OCH3 is 1. The Morgan fingerprint density at radius 3 is 2.32 bits per heavy atom. The minimum atomic E-state index is -4.57. The van der Waals surface area contributed by atoms with Gasteiger partial charge in [-0.25, -0.2) is 0 Å². The number of carbonyl (C=O) groups is 1. The summed E-state index contributed by atoms with van der Waals surface area (Å²) in [6.45, 7) is 0. The van der Waals surface area contributed by atoms with Gasteiger partial charge in [-0.2, -0.15) is 13.2 Å². The monoisotopic (exact) mass is 349 g/mol. The lowest BCUT2D eigenvalue weighted by molar-refractivity contribution is -0.137. The summed E-state index contributed by atoms with van der Waals surface area (Å²) < 4.78 is 44.5. The standard InChI is InChI=1S/C19H18F3NO2/c1-25-14-10-8-13(9-11-14)17(12-6-7-12)23-18(24)15-4-2-3-5-16(15)19(20,21)22/h2-5,8-12,17H,6-7H2,1H3,(H,23,24). The Morgan fingerprint density at radius 2 is 1.76 bits per heavy atom. The average Bonchev–Trinajstić information content (AvgIpc) is 3.44. The smallest absolute Gasteiger partial charge is 0.417 e. The second-order valence-electron chi connectivity index (χ2n) is 6.11. The number of hydrogen-bond donors (Lipinski definition) is 1. The van der Waals surface area contributed by atoms with E-state index in [1.165, 1.54) is 18.2 Å². The molecule has 0 saturated heterocycles. The van der Waals surface area contributed by atoms with E-state index in [0.717, 1.165) is 24.5 Å². The SMILES string of the molecule is COc1ccc(C(NC(=O)c2ccccc2C(F)(F)F)C2CC2)cc1. The molecule has 2 aromatic rings. The molecule has 1 unspecified atom stereocenters. The molecular formula is C19H18F3NO2. The van der Waals surface area contributed by atoms with Crippen LogP contribution in [-0.4, -0.2) is 13.0 Å². The van der Waals surface area contributed by atoms with E-state index in [1.807, 2.05) is 12.1 Å². The topological polar surface area (TPSA) is 38.3 Å². The highest BCUT2D eigenvalue weighted by atomic mass is 19.4. The molecule has 1 aliphatic carbocycles. The summed E-state index contributed by atoms with van der Waals surface area (Å²) in [5.41, 5.74) is -0.410. The third-order valence-corrected chi connectivity index (χ3v) is 4.33. The molecular weight excluding hydrogens is 331 g/mol. The maximum Gasteiger partial charge on any atom is 0.417 e. The van der Waals surface area contributed by atoms with Crippen molar-refractivity contribution >= 4 is 5.91 Å². The van der Waals surface area contributed by atoms with Gasteiger partial charge in [0.25, 0.3) is 5.91 Å². The van der Waals surface area contributed by atoms with Gasteiger partial charge in [0.15, 0.2) is 0 Å². The molecule has 2 aromatic carbocycles. The summed E-state index contributed by atoms with van der Waals surface area (Å²) in [6.07, 6.45) is -2.68. The van der Waals surface area contributed by atoms with Crippen molar-refractivity contribution in [2.75, 3.05) is 7.11 Å². The van der Waals surface area contributed by atoms with E-state index < -0.39 is 17.6 Å². The van der Waals surface area contributed by atoms with E-state index in [9.17, 15) is 18.0 Å². The van der Waals surface area contributed by atoms with Gasteiger partial charge in [0.1, 0.15) is 5.75 Å². The molecule has 25 heavy (non-hydrogen) atoms. The van der Waals surface area contributed by atoms with Gasteiger partial charge in [-0.05, 0) is 48.6 Å². The van der Waals surface area contributed by atoms with Gasteiger partial charge in [0.05, 0.1) is 24.3 Å². The molecule has 0 radical (unpaired) electrons. The average molecular weight is 349 g/mol. The number of ether oxygens (including phenoxy) is 1. The predicted molar refractivity (Wildman–Crippen MR) is 87.4 cm³/mol. The highest BCUT2D eigenvalue weighted by Gasteiger charge is 2.37. The molecule has 0 spiro atoms. The molecule has 132 valence electrons. The number of halogens is 3. The summed E-state index contributed by atoms with van der Waals surface area (Å²) in [5, 5.41) is 2.78. The summed E-state index contributed by atoms with van der Waals surface area (Å²) in [5.74, 6) is 0.225. The van der Waals surface area contributed by atoms with Gasteiger partial charge in [0, 0.05) is 0 Å². The van der Waals surface area contributed by atoms with Crippen molar-refractivity contribution in [3.63, 3.8) is 0 Å². The zero-order valence-corrected chi connectivity index (χ0v) is 13.6. The van der Waals surface area contributed by atoms with E-state index in [2.05, 4.69) is 5.32 Å². The third kappa shape index (κ3) is 3.95. The van der Waals surface area contributed by atoms with Gasteiger partial charge in [-0.1, -0.05) is 24.3 Å². The van der Waals surface area contributed by atoms with Gasteiger partial charge in [-0.15, -0.1) is 0 Å². The van der Waals surface area contributed by atoms with Gasteiger partial charge in [-0.3, -0.25) is 4.79 Å². The van der Waals surface area contributed by atoms with Crippen LogP contribution < -0.4 is 10.1 Å². The van der Waals surface area contributed by atoms with Crippen molar-refractivity contribution < 1.29 is 22.7 Å². The maximum atomic E-state index is 13.1. The van der Waals surface area contributed by atoms with Crippen LogP contribution in [-0.2, 0) is 6.18 Å². The van der Waals surface area contributed by atoms with Crippen molar-refractivity contribution in [1.29, 1.82) is 0 Å². The second kappa shape index (κ2) is 6.78. The number of hydrogen-bond acceptors (Lipinski definition) is 2. The zero-order chi connectivity index (χ0) is 18.0. The van der Waals surface area contributed by atoms with Crippen molar-refractivity contribution in [3.8, 4) is 5.75 Å².